The Morgan fingerprint density at radius 1 is 1.30 bits per heavy atom. The van der Waals surface area contributed by atoms with Crippen LogP contribution in [-0.4, -0.2) is 27.4 Å². The van der Waals surface area contributed by atoms with Gasteiger partial charge in [-0.25, -0.2) is 0 Å². The third-order valence-electron chi connectivity index (χ3n) is 5.11. The molecule has 1 heterocycles. The van der Waals surface area contributed by atoms with Gasteiger partial charge >= 0.3 is 0 Å². The molecule has 0 spiro atoms. The molecule has 0 radical (unpaired) electrons. The summed E-state index contributed by atoms with van der Waals surface area (Å²) in [7, 11) is 0. The van der Waals surface area contributed by atoms with Gasteiger partial charge in [0.25, 0.3) is 0 Å². The Hall–Kier alpha value is -0.620. The molecule has 1 amide bonds. The first-order valence-electron chi connectivity index (χ1n) is 7.41. The second kappa shape index (κ2) is 4.98. The quantitative estimate of drug-likeness (QED) is 0.869. The Bertz CT molecular complexity index is 467. The number of nitrogens with one attached hydrogen (secondary N) is 1. The first kappa shape index (κ1) is 13.1. The molecule has 108 valence electrons. The van der Waals surface area contributed by atoms with Gasteiger partial charge in [-0.15, -0.1) is 10.2 Å². The van der Waals surface area contributed by atoms with Crippen LogP contribution in [0.3, 0.4) is 0 Å². The SMILES string of the molecule is O=C(CSc1nncs1)NC12CC3CC(CC(C3)C1)C2. The fraction of sp³-hybridized carbons (Fsp3) is 0.786. The van der Waals surface area contributed by atoms with Crippen LogP contribution >= 0.6 is 23.1 Å². The molecule has 4 fully saturated rings. The van der Waals surface area contributed by atoms with Crippen molar-refractivity contribution in [3.63, 3.8) is 0 Å². The van der Waals surface area contributed by atoms with E-state index in [1.54, 1.807) is 5.51 Å². The summed E-state index contributed by atoms with van der Waals surface area (Å²) in [5.41, 5.74) is 1.84. The maximum absolute atomic E-state index is 12.2. The number of hydrogen-bond acceptors (Lipinski definition) is 5. The molecule has 1 aromatic rings. The molecule has 0 unspecified atom stereocenters. The van der Waals surface area contributed by atoms with Gasteiger partial charge in [-0.3, -0.25) is 4.79 Å². The number of amides is 1. The third-order valence-corrected chi connectivity index (χ3v) is 6.97. The van der Waals surface area contributed by atoms with Crippen LogP contribution in [0.1, 0.15) is 38.5 Å². The van der Waals surface area contributed by atoms with E-state index in [2.05, 4.69) is 15.5 Å². The van der Waals surface area contributed by atoms with E-state index >= 15 is 0 Å². The molecule has 5 rings (SSSR count). The van der Waals surface area contributed by atoms with Crippen molar-refractivity contribution >= 4 is 29.0 Å². The lowest BCUT2D eigenvalue weighted by atomic mass is 9.53. The van der Waals surface area contributed by atoms with Gasteiger partial charge in [-0.2, -0.15) is 0 Å². The monoisotopic (exact) mass is 309 g/mol. The molecule has 20 heavy (non-hydrogen) atoms. The van der Waals surface area contributed by atoms with E-state index in [4.69, 9.17) is 0 Å². The lowest BCUT2D eigenvalue weighted by Crippen LogP contribution is -2.60. The number of hydrogen-bond donors (Lipinski definition) is 1. The molecular weight excluding hydrogens is 290 g/mol. The Morgan fingerprint density at radius 3 is 2.50 bits per heavy atom. The number of aromatic nitrogens is 2. The van der Waals surface area contributed by atoms with E-state index < -0.39 is 0 Å². The van der Waals surface area contributed by atoms with Gasteiger partial charge in [0.05, 0.1) is 5.75 Å². The standard InChI is InChI=1S/C14H19N3OS2/c18-12(7-19-13-17-15-8-20-13)16-14-4-9-1-10(5-14)3-11(2-9)6-14/h8-11H,1-7H2,(H,16,18). The third kappa shape index (κ3) is 2.48. The summed E-state index contributed by atoms with van der Waals surface area (Å²) < 4.78 is 0.880. The lowest BCUT2D eigenvalue weighted by molar-refractivity contribution is -0.124. The smallest absolute Gasteiger partial charge is 0.230 e. The van der Waals surface area contributed by atoms with E-state index in [1.807, 2.05) is 0 Å². The Morgan fingerprint density at radius 2 is 1.95 bits per heavy atom. The van der Waals surface area contributed by atoms with Gasteiger partial charge in [0.1, 0.15) is 5.51 Å². The topological polar surface area (TPSA) is 54.9 Å². The number of nitrogens with zero attached hydrogens (tertiary/aromatic N) is 2. The molecule has 1 N–H and O–H groups in total. The zero-order valence-corrected chi connectivity index (χ0v) is 13.0. The van der Waals surface area contributed by atoms with Crippen molar-refractivity contribution in [2.45, 2.75) is 48.4 Å². The van der Waals surface area contributed by atoms with Gasteiger partial charge in [0, 0.05) is 5.54 Å². The molecule has 4 saturated carbocycles. The average molecular weight is 309 g/mol. The Balaban J connectivity index is 1.37. The summed E-state index contributed by atoms with van der Waals surface area (Å²) in [6, 6.07) is 0. The van der Waals surface area contributed by atoms with E-state index in [0.717, 1.165) is 22.1 Å². The largest absolute Gasteiger partial charge is 0.350 e. The van der Waals surface area contributed by atoms with Crippen LogP contribution in [0.25, 0.3) is 0 Å². The van der Waals surface area contributed by atoms with Crippen molar-refractivity contribution in [3.8, 4) is 0 Å². The van der Waals surface area contributed by atoms with Gasteiger partial charge in [-0.05, 0) is 56.3 Å². The number of thioether (sulfide) groups is 1. The minimum Gasteiger partial charge on any atom is -0.350 e. The molecule has 0 atom stereocenters. The second-order valence-corrected chi connectivity index (χ2v) is 8.80. The molecule has 4 nitrogen and oxygen atoms in total. The molecule has 4 bridgehead atoms. The molecule has 0 saturated heterocycles. The summed E-state index contributed by atoms with van der Waals surface area (Å²) in [5.74, 6) is 3.26. The predicted molar refractivity (Wildman–Crippen MR) is 79.7 cm³/mol. The van der Waals surface area contributed by atoms with Gasteiger partial charge in [0.15, 0.2) is 4.34 Å². The summed E-state index contributed by atoms with van der Waals surface area (Å²) in [6.45, 7) is 0. The first-order chi connectivity index (χ1) is 9.71. The Labute approximate surface area is 127 Å². The zero-order chi connectivity index (χ0) is 13.6. The highest BCUT2D eigenvalue weighted by molar-refractivity contribution is 8.01. The molecular formula is C14H19N3OS2. The molecule has 0 aliphatic heterocycles. The normalized spacial score (nSPS) is 38.1. The minimum absolute atomic E-state index is 0.132. The second-order valence-electron chi connectivity index (χ2n) is 6.74. The fourth-order valence-electron chi connectivity index (χ4n) is 4.95. The van der Waals surface area contributed by atoms with Crippen LogP contribution in [0.15, 0.2) is 9.85 Å². The van der Waals surface area contributed by atoms with Crippen molar-refractivity contribution < 1.29 is 4.79 Å². The first-order valence-corrected chi connectivity index (χ1v) is 9.27. The molecule has 6 heteroatoms. The average Bonchev–Trinajstić information content (AvgIpc) is 2.87. The maximum Gasteiger partial charge on any atom is 0.230 e. The highest BCUT2D eigenvalue weighted by atomic mass is 32.2. The van der Waals surface area contributed by atoms with Gasteiger partial charge in [-0.1, -0.05) is 23.1 Å². The molecule has 4 aliphatic rings. The number of carbonyl (C=O) groups excluding carboxylic acids is 1. The van der Waals surface area contributed by atoms with Crippen molar-refractivity contribution in [2.75, 3.05) is 5.75 Å². The van der Waals surface area contributed by atoms with E-state index in [9.17, 15) is 4.79 Å². The predicted octanol–water partition coefficient (Wildman–Crippen LogP) is 2.72. The maximum atomic E-state index is 12.2. The van der Waals surface area contributed by atoms with Crippen molar-refractivity contribution in [1.29, 1.82) is 0 Å². The fourth-order valence-corrected chi connectivity index (χ4v) is 6.24. The van der Waals surface area contributed by atoms with E-state index in [1.165, 1.54) is 61.6 Å². The molecule has 4 aliphatic carbocycles. The van der Waals surface area contributed by atoms with Crippen LogP contribution in [0.4, 0.5) is 0 Å². The van der Waals surface area contributed by atoms with Crippen LogP contribution in [0.5, 0.6) is 0 Å². The highest BCUT2D eigenvalue weighted by Gasteiger charge is 2.51. The Kier molecular flexibility index (Phi) is 3.26. The van der Waals surface area contributed by atoms with Crippen molar-refractivity contribution in [3.05, 3.63) is 5.51 Å². The van der Waals surface area contributed by atoms with E-state index in [0.29, 0.717) is 5.75 Å². The van der Waals surface area contributed by atoms with Crippen molar-refractivity contribution in [1.82, 2.24) is 15.5 Å². The van der Waals surface area contributed by atoms with Crippen LogP contribution < -0.4 is 5.32 Å². The summed E-state index contributed by atoms with van der Waals surface area (Å²) in [6.07, 6.45) is 7.88. The summed E-state index contributed by atoms with van der Waals surface area (Å²) >= 11 is 2.99. The zero-order valence-electron chi connectivity index (χ0n) is 11.4. The van der Waals surface area contributed by atoms with E-state index in [-0.39, 0.29) is 11.4 Å². The molecule has 1 aromatic heterocycles. The van der Waals surface area contributed by atoms with Crippen LogP contribution in [0.2, 0.25) is 0 Å². The minimum atomic E-state index is 0.132. The van der Waals surface area contributed by atoms with Gasteiger partial charge in [0.2, 0.25) is 5.91 Å². The molecule has 0 aromatic carbocycles. The summed E-state index contributed by atoms with van der Waals surface area (Å²) in [4.78, 5) is 12.2. The lowest BCUT2D eigenvalue weighted by Gasteiger charge is -2.56. The van der Waals surface area contributed by atoms with Gasteiger partial charge < -0.3 is 5.32 Å². The number of carbonyl (C=O) groups is 1. The van der Waals surface area contributed by atoms with Crippen molar-refractivity contribution in [2.24, 2.45) is 17.8 Å². The number of rotatable bonds is 4. The van der Waals surface area contributed by atoms with Crippen LogP contribution in [-0.2, 0) is 4.79 Å². The summed E-state index contributed by atoms with van der Waals surface area (Å²) in [5, 5.41) is 11.1. The van der Waals surface area contributed by atoms with Crippen LogP contribution in [0, 0.1) is 17.8 Å². The highest BCUT2D eigenvalue weighted by Crippen LogP contribution is 2.55.